The summed E-state index contributed by atoms with van der Waals surface area (Å²) in [5, 5.41) is 13.2. The summed E-state index contributed by atoms with van der Waals surface area (Å²) in [6.45, 7) is 6.80. The molecule has 0 radical (unpaired) electrons. The third-order valence-corrected chi connectivity index (χ3v) is 5.98. The fourth-order valence-corrected chi connectivity index (χ4v) is 3.73. The topological polar surface area (TPSA) is 204 Å². The van der Waals surface area contributed by atoms with Crippen LogP contribution < -0.4 is 22.5 Å². The average Bonchev–Trinajstić information content (AvgIpc) is 3.34. The van der Waals surface area contributed by atoms with Crippen molar-refractivity contribution in [3.05, 3.63) is 18.1 Å². The number of rotatable bonds is 8. The molecule has 1 aliphatic heterocycles. The van der Waals surface area contributed by atoms with Gasteiger partial charge in [0.25, 0.3) is 0 Å². The standard InChI is InChI=1S/C21H33N7O5/c1-8(2)12(22)20(30)32-17-11(6-29)28-15(18(17)33-21(31)13(23)9(3)4)10-5-25-16-14(10)26-7-27-19(16)24/h5,7-9,11-13,15,17-18,25,28-29H,6,22-23H2,1-4H3,(H2,24,26,27)/t11-,12?,13+,15+,17-,18+/m1/s1. The molecule has 2 aromatic rings. The van der Waals surface area contributed by atoms with Crippen LogP contribution in [0, 0.1) is 11.8 Å². The van der Waals surface area contributed by atoms with Crippen LogP contribution in [0.4, 0.5) is 5.82 Å². The molecule has 0 saturated carbocycles. The number of nitrogens with zero attached hydrogens (tertiary/aromatic N) is 2. The van der Waals surface area contributed by atoms with Crippen molar-refractivity contribution in [1.82, 2.24) is 20.3 Å². The molecular formula is C21H33N7O5. The molecule has 1 unspecified atom stereocenters. The van der Waals surface area contributed by atoms with Crippen LogP contribution >= 0.6 is 0 Å². The highest BCUT2D eigenvalue weighted by atomic mass is 16.6. The van der Waals surface area contributed by atoms with E-state index in [0.717, 1.165) is 0 Å². The summed E-state index contributed by atoms with van der Waals surface area (Å²) in [5.74, 6) is -1.39. The van der Waals surface area contributed by atoms with Crippen molar-refractivity contribution >= 4 is 28.8 Å². The molecule has 1 aliphatic rings. The van der Waals surface area contributed by atoms with Crippen molar-refractivity contribution in [2.75, 3.05) is 12.3 Å². The Morgan fingerprint density at radius 1 is 1.06 bits per heavy atom. The molecule has 182 valence electrons. The summed E-state index contributed by atoms with van der Waals surface area (Å²) in [6.07, 6.45) is 0.972. The molecule has 0 aliphatic carbocycles. The van der Waals surface area contributed by atoms with Gasteiger partial charge in [-0.3, -0.25) is 14.9 Å². The fourth-order valence-electron chi connectivity index (χ4n) is 3.73. The Morgan fingerprint density at radius 3 is 2.18 bits per heavy atom. The molecule has 9 N–H and O–H groups in total. The van der Waals surface area contributed by atoms with Crippen molar-refractivity contribution in [3.8, 4) is 0 Å². The number of nitrogen functional groups attached to an aromatic ring is 1. The predicted molar refractivity (Wildman–Crippen MR) is 120 cm³/mol. The molecule has 12 heteroatoms. The van der Waals surface area contributed by atoms with Crippen molar-refractivity contribution < 1.29 is 24.2 Å². The lowest BCUT2D eigenvalue weighted by atomic mass is 10.0. The highest BCUT2D eigenvalue weighted by Gasteiger charge is 2.50. The molecule has 0 spiro atoms. The molecule has 0 amide bonds. The molecule has 1 fully saturated rings. The molecule has 1 saturated heterocycles. The number of hydrogen-bond donors (Lipinski definition) is 6. The summed E-state index contributed by atoms with van der Waals surface area (Å²) < 4.78 is 11.5. The van der Waals surface area contributed by atoms with Gasteiger partial charge in [0.1, 0.15) is 23.9 Å². The maximum absolute atomic E-state index is 12.8. The number of anilines is 1. The van der Waals surface area contributed by atoms with Crippen molar-refractivity contribution in [2.45, 2.75) is 64.1 Å². The SMILES string of the molecule is CC(C)C(N)C(=O)O[C@H]1[C@@H](OC(=O)[C@@H](N)C(C)C)[C@H](c2c[nH]c3c(N)ncnc23)N[C@@H]1CO. The third kappa shape index (κ3) is 4.93. The van der Waals surface area contributed by atoms with E-state index < -0.39 is 48.3 Å². The van der Waals surface area contributed by atoms with Crippen molar-refractivity contribution in [2.24, 2.45) is 23.3 Å². The molecule has 3 heterocycles. The van der Waals surface area contributed by atoms with E-state index in [9.17, 15) is 14.7 Å². The zero-order valence-corrected chi connectivity index (χ0v) is 19.2. The number of nitrogens with two attached hydrogens (primary N) is 3. The molecule has 6 atom stereocenters. The summed E-state index contributed by atoms with van der Waals surface area (Å²) in [5.41, 5.74) is 19.5. The summed E-state index contributed by atoms with van der Waals surface area (Å²) in [4.78, 5) is 36.7. The van der Waals surface area contributed by atoms with Crippen LogP contribution in [-0.2, 0) is 19.1 Å². The van der Waals surface area contributed by atoms with Gasteiger partial charge in [0.15, 0.2) is 18.0 Å². The van der Waals surface area contributed by atoms with Crippen LogP contribution in [0.3, 0.4) is 0 Å². The first-order valence-corrected chi connectivity index (χ1v) is 10.9. The van der Waals surface area contributed by atoms with Crippen molar-refractivity contribution in [1.29, 1.82) is 0 Å². The van der Waals surface area contributed by atoms with E-state index in [2.05, 4.69) is 20.3 Å². The van der Waals surface area contributed by atoms with E-state index in [1.807, 2.05) is 0 Å². The van der Waals surface area contributed by atoms with Gasteiger partial charge >= 0.3 is 11.9 Å². The van der Waals surface area contributed by atoms with Gasteiger partial charge < -0.3 is 36.8 Å². The zero-order valence-electron chi connectivity index (χ0n) is 19.2. The Kier molecular flexibility index (Phi) is 7.52. The first-order chi connectivity index (χ1) is 15.6. The van der Waals surface area contributed by atoms with Crippen LogP contribution in [0.25, 0.3) is 11.0 Å². The lowest BCUT2D eigenvalue weighted by Gasteiger charge is -2.28. The minimum atomic E-state index is -1.01. The lowest BCUT2D eigenvalue weighted by molar-refractivity contribution is -0.170. The average molecular weight is 464 g/mol. The summed E-state index contributed by atoms with van der Waals surface area (Å²) in [7, 11) is 0. The van der Waals surface area contributed by atoms with Crippen LogP contribution in [0.15, 0.2) is 12.5 Å². The van der Waals surface area contributed by atoms with Crippen LogP contribution in [-0.4, -0.2) is 68.9 Å². The highest BCUT2D eigenvalue weighted by Crippen LogP contribution is 2.36. The number of aliphatic hydroxyl groups is 1. The Hall–Kier alpha value is -2.80. The van der Waals surface area contributed by atoms with Gasteiger partial charge in [-0.1, -0.05) is 27.7 Å². The number of nitrogens with one attached hydrogen (secondary N) is 2. The van der Waals surface area contributed by atoms with Gasteiger partial charge in [0.2, 0.25) is 0 Å². The normalized spacial score (nSPS) is 24.9. The van der Waals surface area contributed by atoms with E-state index in [0.29, 0.717) is 16.6 Å². The smallest absolute Gasteiger partial charge is 0.323 e. The summed E-state index contributed by atoms with van der Waals surface area (Å²) in [6, 6.07) is -3.16. The maximum Gasteiger partial charge on any atom is 0.323 e. The molecular weight excluding hydrogens is 430 g/mol. The van der Waals surface area contributed by atoms with Gasteiger partial charge in [0, 0.05) is 11.8 Å². The number of fused-ring (bicyclic) bond motifs is 1. The van der Waals surface area contributed by atoms with Crippen LogP contribution in [0.1, 0.15) is 39.3 Å². The van der Waals surface area contributed by atoms with E-state index >= 15 is 0 Å². The Balaban J connectivity index is 2.00. The zero-order chi connectivity index (χ0) is 24.4. The number of esters is 2. The Labute approximate surface area is 191 Å². The number of aromatic amines is 1. The molecule has 0 bridgehead atoms. The van der Waals surface area contributed by atoms with E-state index in [4.69, 9.17) is 26.7 Å². The second-order valence-corrected chi connectivity index (χ2v) is 9.00. The van der Waals surface area contributed by atoms with E-state index in [1.165, 1.54) is 6.33 Å². The quantitative estimate of drug-likeness (QED) is 0.271. The highest BCUT2D eigenvalue weighted by molar-refractivity contribution is 5.87. The monoisotopic (exact) mass is 463 g/mol. The largest absolute Gasteiger partial charge is 0.455 e. The lowest BCUT2D eigenvalue weighted by Crippen LogP contribution is -2.47. The first-order valence-electron chi connectivity index (χ1n) is 10.9. The number of carbonyl (C=O) groups excluding carboxylic acids is 2. The molecule has 3 rings (SSSR count). The van der Waals surface area contributed by atoms with Crippen LogP contribution in [0.5, 0.6) is 0 Å². The number of carbonyl (C=O) groups is 2. The van der Waals surface area contributed by atoms with Crippen LogP contribution in [0.2, 0.25) is 0 Å². The first kappa shape index (κ1) is 24.8. The Bertz CT molecular complexity index is 995. The Morgan fingerprint density at radius 2 is 1.64 bits per heavy atom. The minimum Gasteiger partial charge on any atom is -0.455 e. The van der Waals surface area contributed by atoms with Gasteiger partial charge in [0.05, 0.1) is 24.2 Å². The van der Waals surface area contributed by atoms with Gasteiger partial charge in [-0.25, -0.2) is 9.97 Å². The molecule has 2 aromatic heterocycles. The van der Waals surface area contributed by atoms with Crippen molar-refractivity contribution in [3.63, 3.8) is 0 Å². The number of H-pyrrole nitrogens is 1. The summed E-state index contributed by atoms with van der Waals surface area (Å²) >= 11 is 0. The molecule has 12 nitrogen and oxygen atoms in total. The van der Waals surface area contributed by atoms with Gasteiger partial charge in [-0.2, -0.15) is 0 Å². The molecule has 0 aromatic carbocycles. The van der Waals surface area contributed by atoms with Gasteiger partial charge in [-0.05, 0) is 11.8 Å². The second-order valence-electron chi connectivity index (χ2n) is 9.00. The van der Waals surface area contributed by atoms with Gasteiger partial charge in [-0.15, -0.1) is 0 Å². The maximum atomic E-state index is 12.8. The second kappa shape index (κ2) is 10.00. The number of ether oxygens (including phenoxy) is 2. The number of aromatic nitrogens is 3. The van der Waals surface area contributed by atoms with E-state index in [1.54, 1.807) is 33.9 Å². The number of aliphatic hydroxyl groups excluding tert-OH is 1. The number of hydrogen-bond acceptors (Lipinski definition) is 11. The molecule has 33 heavy (non-hydrogen) atoms. The third-order valence-electron chi connectivity index (χ3n) is 5.98. The minimum absolute atomic E-state index is 0.168. The van der Waals surface area contributed by atoms with E-state index in [-0.39, 0.29) is 24.3 Å². The predicted octanol–water partition coefficient (Wildman–Crippen LogP) is -0.664. The fraction of sp³-hybridized carbons (Fsp3) is 0.619.